The Kier molecular flexibility index (Phi) is 14.1. The SMILES string of the molecule is Cc1cc(-c2c(C)cc(Cl)cc2C)cc([C@H](CC(=O)O)NC(=O)[C@H](CC(C)C)NC(=O)C2=CC=C(C(F)(F)F)N(CCN3CCCOCC3)C2O)c1F. The number of benzene rings is 2. The highest BCUT2D eigenvalue weighted by molar-refractivity contribution is 6.30. The van der Waals surface area contributed by atoms with Crippen molar-refractivity contribution in [1.29, 1.82) is 0 Å². The molecule has 4 N–H and O–H groups in total. The number of hydrogen-bond donors (Lipinski definition) is 4. The topological polar surface area (TPSA) is 131 Å². The van der Waals surface area contributed by atoms with E-state index >= 15 is 4.39 Å². The van der Waals surface area contributed by atoms with Gasteiger partial charge in [0.05, 0.1) is 24.6 Å². The van der Waals surface area contributed by atoms with Crippen LogP contribution in [0.2, 0.25) is 5.02 Å². The Hall–Kier alpha value is -3.98. The monoisotopic (exact) mass is 766 g/mol. The number of nitrogens with one attached hydrogen (secondary N) is 2. The predicted molar refractivity (Wildman–Crippen MR) is 192 cm³/mol. The van der Waals surface area contributed by atoms with Crippen LogP contribution in [0.5, 0.6) is 0 Å². The lowest BCUT2D eigenvalue weighted by Gasteiger charge is -2.37. The third-order valence-electron chi connectivity index (χ3n) is 9.30. The first-order valence-corrected chi connectivity index (χ1v) is 17.9. The van der Waals surface area contributed by atoms with Gasteiger partial charge in [0.1, 0.15) is 17.6 Å². The molecule has 0 aromatic heterocycles. The van der Waals surface area contributed by atoms with Gasteiger partial charge >= 0.3 is 12.1 Å². The van der Waals surface area contributed by atoms with E-state index in [1.54, 1.807) is 32.0 Å². The third-order valence-corrected chi connectivity index (χ3v) is 9.51. The van der Waals surface area contributed by atoms with Gasteiger partial charge in [-0.25, -0.2) is 4.39 Å². The number of amides is 2. The van der Waals surface area contributed by atoms with Crippen LogP contribution in [0.4, 0.5) is 17.6 Å². The number of aliphatic hydroxyl groups is 1. The zero-order valence-electron chi connectivity index (χ0n) is 30.4. The number of aliphatic carboxylic acids is 1. The standard InChI is InChI=1S/C38H47ClF4N4O6/c1-21(2)15-30(45-35(50)27-7-8-31(38(41,42)43)47(37(27)52)11-10-46-9-6-13-53-14-12-46)36(51)44-29(20-32(48)49)28-19-25(16-24(5)34(28)40)33-22(3)17-26(39)18-23(33)4/h7-8,16-19,21,29-30,37,52H,6,9-15,20H2,1-5H3,(H,44,51)(H,45,50)(H,48,49)/t29-,30-,37?/m0/s1. The average molecular weight is 767 g/mol. The van der Waals surface area contributed by atoms with Crippen LogP contribution >= 0.6 is 11.6 Å². The number of nitrogens with zero attached hydrogens (tertiary/aromatic N) is 2. The lowest BCUT2D eigenvalue weighted by atomic mass is 9.90. The minimum absolute atomic E-state index is 0.0375. The summed E-state index contributed by atoms with van der Waals surface area (Å²) in [5.41, 5.74) is 1.55. The van der Waals surface area contributed by atoms with E-state index < -0.39 is 65.8 Å². The summed E-state index contributed by atoms with van der Waals surface area (Å²) in [6.45, 7) is 10.7. The van der Waals surface area contributed by atoms with Crippen molar-refractivity contribution >= 4 is 29.4 Å². The summed E-state index contributed by atoms with van der Waals surface area (Å²) in [5.74, 6) is -4.06. The molecule has 290 valence electrons. The Morgan fingerprint density at radius 1 is 0.981 bits per heavy atom. The Labute approximate surface area is 311 Å². The van der Waals surface area contributed by atoms with Gasteiger partial charge in [-0.1, -0.05) is 25.4 Å². The molecule has 0 radical (unpaired) electrons. The Balaban J connectivity index is 1.61. The summed E-state index contributed by atoms with van der Waals surface area (Å²) in [7, 11) is 0. The number of carboxylic acid groups (broad SMARTS) is 1. The molecule has 1 saturated heterocycles. The Bertz CT molecular complexity index is 1720. The van der Waals surface area contributed by atoms with Gasteiger partial charge in [-0.15, -0.1) is 0 Å². The minimum Gasteiger partial charge on any atom is -0.481 e. The van der Waals surface area contributed by atoms with Crippen LogP contribution in [0, 0.1) is 32.5 Å². The van der Waals surface area contributed by atoms with E-state index in [1.165, 1.54) is 13.0 Å². The number of alkyl halides is 3. The first kappa shape index (κ1) is 41.8. The molecule has 0 saturated carbocycles. The predicted octanol–water partition coefficient (Wildman–Crippen LogP) is 5.96. The Morgan fingerprint density at radius 2 is 1.66 bits per heavy atom. The van der Waals surface area contributed by atoms with Crippen molar-refractivity contribution in [3.05, 3.63) is 80.8 Å². The van der Waals surface area contributed by atoms with Gasteiger partial charge in [-0.05, 0) is 104 Å². The van der Waals surface area contributed by atoms with Crippen LogP contribution in [-0.4, -0.2) is 95.6 Å². The fourth-order valence-corrected chi connectivity index (χ4v) is 7.13. The van der Waals surface area contributed by atoms with E-state index in [4.69, 9.17) is 16.3 Å². The second-order valence-electron chi connectivity index (χ2n) is 14.0. The molecule has 2 heterocycles. The maximum Gasteiger partial charge on any atom is 0.431 e. The molecule has 2 aliphatic rings. The zero-order chi connectivity index (χ0) is 39.2. The smallest absolute Gasteiger partial charge is 0.431 e. The van der Waals surface area contributed by atoms with Crippen LogP contribution in [0.1, 0.15) is 61.4 Å². The third kappa shape index (κ3) is 10.8. The molecule has 2 aromatic carbocycles. The van der Waals surface area contributed by atoms with Gasteiger partial charge in [-0.3, -0.25) is 19.3 Å². The van der Waals surface area contributed by atoms with E-state index in [9.17, 15) is 37.8 Å². The van der Waals surface area contributed by atoms with E-state index in [-0.39, 0.29) is 36.6 Å². The normalized spacial score (nSPS) is 18.2. The van der Waals surface area contributed by atoms with Crippen molar-refractivity contribution in [3.63, 3.8) is 0 Å². The summed E-state index contributed by atoms with van der Waals surface area (Å²) in [6.07, 6.45) is -5.17. The summed E-state index contributed by atoms with van der Waals surface area (Å²) in [5, 5.41) is 26.6. The van der Waals surface area contributed by atoms with Crippen LogP contribution in [0.15, 0.2) is 47.7 Å². The van der Waals surface area contributed by atoms with E-state index in [0.29, 0.717) is 48.2 Å². The molecule has 0 bridgehead atoms. The molecule has 0 spiro atoms. The molecule has 15 heteroatoms. The van der Waals surface area contributed by atoms with E-state index in [2.05, 4.69) is 10.6 Å². The molecule has 0 aliphatic carbocycles. The van der Waals surface area contributed by atoms with Crippen molar-refractivity contribution < 1.29 is 46.9 Å². The van der Waals surface area contributed by atoms with Crippen molar-refractivity contribution in [2.24, 2.45) is 5.92 Å². The summed E-state index contributed by atoms with van der Waals surface area (Å²) in [6, 6.07) is 3.92. The van der Waals surface area contributed by atoms with Crippen LogP contribution in [0.3, 0.4) is 0 Å². The average Bonchev–Trinajstić information content (AvgIpc) is 3.32. The maximum absolute atomic E-state index is 15.8. The number of carboxylic acids is 1. The molecule has 10 nitrogen and oxygen atoms in total. The molecule has 1 unspecified atom stereocenters. The van der Waals surface area contributed by atoms with E-state index in [1.807, 2.05) is 18.7 Å². The molecule has 2 amide bonds. The van der Waals surface area contributed by atoms with Crippen LogP contribution < -0.4 is 10.6 Å². The molecule has 1 fully saturated rings. The highest BCUT2D eigenvalue weighted by atomic mass is 35.5. The first-order chi connectivity index (χ1) is 24.9. The van der Waals surface area contributed by atoms with Crippen molar-refractivity contribution in [1.82, 2.24) is 20.4 Å². The fourth-order valence-electron chi connectivity index (χ4n) is 6.80. The van der Waals surface area contributed by atoms with Gasteiger partial charge in [0.25, 0.3) is 5.91 Å². The van der Waals surface area contributed by atoms with Gasteiger partial charge in [0, 0.05) is 43.4 Å². The lowest BCUT2D eigenvalue weighted by Crippen LogP contribution is -2.52. The molecular formula is C38H47ClF4N4O6. The Morgan fingerprint density at radius 3 is 2.28 bits per heavy atom. The number of rotatable bonds is 13. The molecule has 53 heavy (non-hydrogen) atoms. The number of carbonyl (C=O) groups is 3. The first-order valence-electron chi connectivity index (χ1n) is 17.5. The summed E-state index contributed by atoms with van der Waals surface area (Å²) >= 11 is 6.23. The largest absolute Gasteiger partial charge is 0.481 e. The van der Waals surface area contributed by atoms with Gasteiger partial charge in [0.2, 0.25) is 5.91 Å². The number of hydrogen-bond acceptors (Lipinski definition) is 7. The summed E-state index contributed by atoms with van der Waals surface area (Å²) in [4.78, 5) is 42.2. The number of aryl methyl sites for hydroxylation is 3. The number of aliphatic hydroxyl groups excluding tert-OH is 1. The number of halogens is 5. The molecule has 4 rings (SSSR count). The number of allylic oxidation sites excluding steroid dienone is 3. The van der Waals surface area contributed by atoms with Gasteiger partial charge < -0.3 is 30.5 Å². The highest BCUT2D eigenvalue weighted by Crippen LogP contribution is 2.36. The van der Waals surface area contributed by atoms with Crippen molar-refractivity contribution in [3.8, 4) is 11.1 Å². The van der Waals surface area contributed by atoms with Crippen molar-refractivity contribution in [2.45, 2.75) is 78.4 Å². The number of ether oxygens (including phenoxy) is 1. The number of carbonyl (C=O) groups excluding carboxylic acids is 2. The fraction of sp³-hybridized carbons (Fsp3) is 0.500. The van der Waals surface area contributed by atoms with E-state index in [0.717, 1.165) is 28.8 Å². The zero-order valence-corrected chi connectivity index (χ0v) is 31.2. The second kappa shape index (κ2) is 17.9. The minimum atomic E-state index is -4.82. The van der Waals surface area contributed by atoms with Crippen LogP contribution in [0.25, 0.3) is 11.1 Å². The van der Waals surface area contributed by atoms with Crippen LogP contribution in [-0.2, 0) is 19.1 Å². The summed E-state index contributed by atoms with van der Waals surface area (Å²) < 4.78 is 63.4. The highest BCUT2D eigenvalue weighted by Gasteiger charge is 2.43. The van der Waals surface area contributed by atoms with Crippen molar-refractivity contribution in [2.75, 3.05) is 39.4 Å². The maximum atomic E-state index is 15.8. The lowest BCUT2D eigenvalue weighted by molar-refractivity contribution is -0.138. The molecule has 3 atom stereocenters. The second-order valence-corrected chi connectivity index (χ2v) is 14.4. The molecule has 2 aliphatic heterocycles. The molecule has 2 aromatic rings. The van der Waals surface area contributed by atoms with Gasteiger partial charge in [-0.2, -0.15) is 13.2 Å². The quantitative estimate of drug-likeness (QED) is 0.184. The van der Waals surface area contributed by atoms with Gasteiger partial charge in [0.15, 0.2) is 6.23 Å². The molecular weight excluding hydrogens is 720 g/mol.